The van der Waals surface area contributed by atoms with E-state index in [-0.39, 0.29) is 5.56 Å². The largest absolute Gasteiger partial charge is 0.491 e. The van der Waals surface area contributed by atoms with Crippen LogP contribution in [-0.4, -0.2) is 23.8 Å². The van der Waals surface area contributed by atoms with E-state index in [0.29, 0.717) is 4.24 Å². The molecule has 0 amide bonds. The van der Waals surface area contributed by atoms with Gasteiger partial charge in [0, 0.05) is 11.8 Å². The lowest BCUT2D eigenvalue weighted by Gasteiger charge is -2.07. The van der Waals surface area contributed by atoms with Crippen LogP contribution in [0.3, 0.4) is 0 Å². The molecule has 0 radical (unpaired) electrons. The van der Waals surface area contributed by atoms with E-state index in [4.69, 9.17) is 0 Å². The highest BCUT2D eigenvalue weighted by atomic mass is 32.2. The van der Waals surface area contributed by atoms with Crippen molar-refractivity contribution in [3.63, 3.8) is 0 Å². The van der Waals surface area contributed by atoms with Gasteiger partial charge in [0.05, 0.1) is 22.1 Å². The normalized spacial score (nSPS) is 13.6. The molecule has 1 aromatic carbocycles. The van der Waals surface area contributed by atoms with Crippen molar-refractivity contribution in [3.05, 3.63) is 33.3 Å². The zero-order chi connectivity index (χ0) is 13.9. The molecule has 0 spiro atoms. The minimum Gasteiger partial charge on any atom is -0.491 e. The van der Waals surface area contributed by atoms with E-state index >= 15 is 0 Å². The summed E-state index contributed by atoms with van der Waals surface area (Å²) in [6.07, 6.45) is 4.19. The fourth-order valence-corrected chi connectivity index (χ4v) is 2.75. The predicted molar refractivity (Wildman–Crippen MR) is 68.4 cm³/mol. The Morgan fingerprint density at radius 3 is 2.44 bits per heavy atom. The summed E-state index contributed by atoms with van der Waals surface area (Å²) in [5.41, 5.74) is -0.301. The van der Waals surface area contributed by atoms with Crippen molar-refractivity contribution in [1.29, 1.82) is 0 Å². The molecule has 100 valence electrons. The quantitative estimate of drug-likeness (QED) is 0.798. The Kier molecular flexibility index (Phi) is 5.28. The second kappa shape index (κ2) is 6.29. The third-order valence-electron chi connectivity index (χ3n) is 2.11. The van der Waals surface area contributed by atoms with Gasteiger partial charge in [0.15, 0.2) is 17.4 Å². The van der Waals surface area contributed by atoms with E-state index in [1.807, 2.05) is 0 Å². The molecule has 2 nitrogen and oxygen atoms in total. The van der Waals surface area contributed by atoms with Crippen molar-refractivity contribution in [3.8, 4) is 5.75 Å². The first kappa shape index (κ1) is 15.1. The number of halogens is 3. The lowest BCUT2D eigenvalue weighted by Crippen LogP contribution is -1.99. The van der Waals surface area contributed by atoms with Crippen molar-refractivity contribution >= 4 is 28.6 Å². The molecular formula is C11H11F3O2S2. The highest BCUT2D eigenvalue weighted by molar-refractivity contribution is 8.16. The zero-order valence-corrected chi connectivity index (χ0v) is 11.6. The molecule has 0 aliphatic rings. The molecule has 0 bridgehead atoms. The van der Waals surface area contributed by atoms with Gasteiger partial charge in [-0.25, -0.2) is 8.78 Å². The molecule has 1 rings (SSSR count). The molecule has 0 N–H and O–H groups in total. The standard InChI is InChI=1S/C11H11F3O2S2/c1-16-11-7(12)4-6(9(13)10(11)14)5-8(17-2)18(3)15/h4-5H,1-3H3. The Morgan fingerprint density at radius 1 is 1.39 bits per heavy atom. The molecule has 7 heteroatoms. The molecule has 0 aliphatic carbocycles. The van der Waals surface area contributed by atoms with Crippen LogP contribution in [0.25, 0.3) is 6.08 Å². The molecule has 1 aromatic rings. The third kappa shape index (κ3) is 3.08. The minimum atomic E-state index is -1.40. The second-order valence-electron chi connectivity index (χ2n) is 3.23. The lowest BCUT2D eigenvalue weighted by molar-refractivity contribution is 0.346. The van der Waals surface area contributed by atoms with Gasteiger partial charge in [0.2, 0.25) is 5.82 Å². The van der Waals surface area contributed by atoms with Crippen LogP contribution >= 0.6 is 11.8 Å². The van der Waals surface area contributed by atoms with Crippen LogP contribution in [0.5, 0.6) is 5.75 Å². The molecule has 18 heavy (non-hydrogen) atoms. The monoisotopic (exact) mass is 296 g/mol. The van der Waals surface area contributed by atoms with Crippen molar-refractivity contribution in [2.45, 2.75) is 0 Å². The lowest BCUT2D eigenvalue weighted by atomic mass is 10.2. The summed E-state index contributed by atoms with van der Waals surface area (Å²) in [5, 5.41) is 0. The fourth-order valence-electron chi connectivity index (χ4n) is 1.28. The van der Waals surface area contributed by atoms with Gasteiger partial charge < -0.3 is 4.74 Å². The number of benzene rings is 1. The zero-order valence-electron chi connectivity index (χ0n) is 9.92. The van der Waals surface area contributed by atoms with Crippen LogP contribution < -0.4 is 4.74 Å². The Morgan fingerprint density at radius 2 is 2.00 bits per heavy atom. The first-order valence-electron chi connectivity index (χ1n) is 4.73. The maximum Gasteiger partial charge on any atom is 0.204 e. The maximum atomic E-state index is 13.6. The van der Waals surface area contributed by atoms with E-state index in [9.17, 15) is 17.4 Å². The van der Waals surface area contributed by atoms with E-state index in [1.54, 1.807) is 6.26 Å². The van der Waals surface area contributed by atoms with Crippen molar-refractivity contribution in [1.82, 2.24) is 0 Å². The van der Waals surface area contributed by atoms with E-state index in [1.165, 1.54) is 6.26 Å². The minimum absolute atomic E-state index is 0.301. The molecule has 0 saturated heterocycles. The summed E-state index contributed by atoms with van der Waals surface area (Å²) in [6.45, 7) is 0. The van der Waals surface area contributed by atoms with Gasteiger partial charge in [-0.3, -0.25) is 4.21 Å². The molecule has 0 aromatic heterocycles. The van der Waals surface area contributed by atoms with Gasteiger partial charge in [-0.2, -0.15) is 4.39 Å². The number of methoxy groups -OCH3 is 1. The summed E-state index contributed by atoms with van der Waals surface area (Å²) in [7, 11) is -0.305. The first-order valence-corrected chi connectivity index (χ1v) is 7.51. The predicted octanol–water partition coefficient (Wildman–Crippen LogP) is 3.15. The average molecular weight is 296 g/mol. The number of thioether (sulfide) groups is 1. The summed E-state index contributed by atoms with van der Waals surface area (Å²) in [5.74, 6) is -4.41. The molecular weight excluding hydrogens is 285 g/mol. The Hall–Kier alpha value is -0.950. The van der Waals surface area contributed by atoms with Crippen LogP contribution in [-0.2, 0) is 10.8 Å². The summed E-state index contributed by atoms with van der Waals surface area (Å²) in [6, 6.07) is 0.806. The maximum absolute atomic E-state index is 13.6. The van der Waals surface area contributed by atoms with E-state index < -0.39 is 34.0 Å². The van der Waals surface area contributed by atoms with Crippen molar-refractivity contribution < 1.29 is 22.1 Å². The molecule has 0 fully saturated rings. The molecule has 1 atom stereocenters. The van der Waals surface area contributed by atoms with Gasteiger partial charge in [-0.15, -0.1) is 11.8 Å². The Balaban J connectivity index is 3.40. The molecule has 0 aliphatic heterocycles. The Labute approximate surface area is 110 Å². The summed E-state index contributed by atoms with van der Waals surface area (Å²) < 4.78 is 56.4. The smallest absolute Gasteiger partial charge is 0.204 e. The van der Waals surface area contributed by atoms with E-state index in [2.05, 4.69) is 4.74 Å². The molecule has 0 saturated carbocycles. The van der Waals surface area contributed by atoms with Crippen LogP contribution in [0.1, 0.15) is 5.56 Å². The van der Waals surface area contributed by atoms with Crippen LogP contribution in [0, 0.1) is 17.5 Å². The van der Waals surface area contributed by atoms with Gasteiger partial charge in [0.1, 0.15) is 0 Å². The third-order valence-corrected chi connectivity index (χ3v) is 4.52. The SMILES string of the molecule is COc1c(F)cc(C=C(SC)S(C)=O)c(F)c1F. The van der Waals surface area contributed by atoms with Crippen molar-refractivity contribution in [2.24, 2.45) is 0 Å². The number of hydrogen-bond acceptors (Lipinski definition) is 3. The topological polar surface area (TPSA) is 26.3 Å². The number of hydrogen-bond donors (Lipinski definition) is 0. The highest BCUT2D eigenvalue weighted by Crippen LogP contribution is 2.29. The van der Waals surface area contributed by atoms with Crippen LogP contribution in [0.2, 0.25) is 0 Å². The second-order valence-corrected chi connectivity index (χ2v) is 5.69. The molecule has 1 unspecified atom stereocenters. The molecule has 0 heterocycles. The van der Waals surface area contributed by atoms with Crippen molar-refractivity contribution in [2.75, 3.05) is 19.6 Å². The fraction of sp³-hybridized carbons (Fsp3) is 0.273. The van der Waals surface area contributed by atoms with Crippen LogP contribution in [0.4, 0.5) is 13.2 Å². The first-order chi connectivity index (χ1) is 8.42. The van der Waals surface area contributed by atoms with Gasteiger partial charge >= 0.3 is 0 Å². The Bertz CT molecular complexity index is 516. The van der Waals surface area contributed by atoms with Gasteiger partial charge in [0.25, 0.3) is 0 Å². The highest BCUT2D eigenvalue weighted by Gasteiger charge is 2.19. The number of rotatable bonds is 4. The number of ether oxygens (including phenoxy) is 1. The average Bonchev–Trinajstić information content (AvgIpc) is 2.32. The van der Waals surface area contributed by atoms with Gasteiger partial charge in [-0.1, -0.05) is 0 Å². The van der Waals surface area contributed by atoms with Crippen LogP contribution in [0.15, 0.2) is 10.3 Å². The van der Waals surface area contributed by atoms with Gasteiger partial charge in [-0.05, 0) is 18.4 Å². The summed E-state index contributed by atoms with van der Waals surface area (Å²) in [4.78, 5) is 0. The van der Waals surface area contributed by atoms with E-state index in [0.717, 1.165) is 31.0 Å². The summed E-state index contributed by atoms with van der Waals surface area (Å²) >= 11 is 1.12.